The van der Waals surface area contributed by atoms with Gasteiger partial charge in [0.2, 0.25) is 5.91 Å². The van der Waals surface area contributed by atoms with Crippen LogP contribution < -0.4 is 5.32 Å². The van der Waals surface area contributed by atoms with Crippen molar-refractivity contribution in [3.05, 3.63) is 11.9 Å². The second kappa shape index (κ2) is 6.83. The molecular weight excluding hydrogens is 254 g/mol. The summed E-state index contributed by atoms with van der Waals surface area (Å²) in [6, 6.07) is 0.388. The van der Waals surface area contributed by atoms with Gasteiger partial charge in [-0.05, 0) is 38.6 Å². The lowest BCUT2D eigenvalue weighted by Crippen LogP contribution is -2.41. The molecule has 6 heteroatoms. The monoisotopic (exact) mass is 279 g/mol. The molecule has 20 heavy (non-hydrogen) atoms. The van der Waals surface area contributed by atoms with Crippen molar-refractivity contribution in [2.45, 2.75) is 51.7 Å². The van der Waals surface area contributed by atoms with Crippen molar-refractivity contribution in [2.24, 2.45) is 5.92 Å². The van der Waals surface area contributed by atoms with Crippen molar-refractivity contribution in [3.63, 3.8) is 0 Å². The minimum atomic E-state index is 0.116. The van der Waals surface area contributed by atoms with Crippen LogP contribution in [0.1, 0.15) is 38.3 Å². The van der Waals surface area contributed by atoms with Gasteiger partial charge in [-0.1, -0.05) is 12.1 Å². The summed E-state index contributed by atoms with van der Waals surface area (Å²) in [7, 11) is 3.77. The molecule has 1 amide bonds. The maximum absolute atomic E-state index is 12.3. The number of nitrogens with zero attached hydrogens (tertiary/aromatic N) is 4. The van der Waals surface area contributed by atoms with Crippen LogP contribution in [0.2, 0.25) is 0 Å². The first kappa shape index (κ1) is 15.0. The Labute approximate surface area is 120 Å². The van der Waals surface area contributed by atoms with Gasteiger partial charge in [0.1, 0.15) is 6.54 Å². The summed E-state index contributed by atoms with van der Waals surface area (Å²) in [6.07, 6.45) is 6.50. The Hall–Kier alpha value is -1.43. The zero-order chi connectivity index (χ0) is 14.5. The number of carbonyl (C=O) groups is 1. The summed E-state index contributed by atoms with van der Waals surface area (Å²) < 4.78 is 1.62. The minimum Gasteiger partial charge on any atom is -0.341 e. The molecule has 0 bridgehead atoms. The van der Waals surface area contributed by atoms with Gasteiger partial charge in [-0.3, -0.25) is 4.79 Å². The number of hydrogen-bond donors (Lipinski definition) is 1. The molecule has 0 unspecified atom stereocenters. The van der Waals surface area contributed by atoms with Crippen LogP contribution in [0.5, 0.6) is 0 Å². The number of rotatable bonds is 5. The first-order valence-electron chi connectivity index (χ1n) is 7.39. The van der Waals surface area contributed by atoms with E-state index in [-0.39, 0.29) is 12.5 Å². The standard InChI is InChI=1S/C14H25N5O/c1-11-4-6-13(7-5-11)18(3)14(20)10-19-9-12(8-15-2)16-17-19/h9,11,13,15H,4-8,10H2,1-3H3. The Morgan fingerprint density at radius 3 is 2.80 bits per heavy atom. The van der Waals surface area contributed by atoms with Crippen molar-refractivity contribution < 1.29 is 4.79 Å². The molecule has 1 aromatic heterocycles. The van der Waals surface area contributed by atoms with Crippen LogP contribution in [0.15, 0.2) is 6.20 Å². The SMILES string of the molecule is CNCc1cn(CC(=O)N(C)C2CCC(C)CC2)nn1. The molecule has 0 saturated heterocycles. The van der Waals surface area contributed by atoms with E-state index in [9.17, 15) is 4.79 Å². The van der Waals surface area contributed by atoms with Crippen LogP contribution in [0, 0.1) is 5.92 Å². The molecule has 0 aromatic carbocycles. The van der Waals surface area contributed by atoms with Crippen molar-refractivity contribution in [2.75, 3.05) is 14.1 Å². The van der Waals surface area contributed by atoms with Gasteiger partial charge in [-0.2, -0.15) is 0 Å². The van der Waals surface area contributed by atoms with E-state index in [1.54, 1.807) is 4.68 Å². The normalized spacial score (nSPS) is 22.8. The molecular formula is C14H25N5O. The topological polar surface area (TPSA) is 63.1 Å². The quantitative estimate of drug-likeness (QED) is 0.874. The molecule has 1 saturated carbocycles. The Kier molecular flexibility index (Phi) is 5.11. The molecule has 2 rings (SSSR count). The minimum absolute atomic E-state index is 0.116. The highest BCUT2D eigenvalue weighted by atomic mass is 16.2. The van der Waals surface area contributed by atoms with Crippen molar-refractivity contribution in [1.82, 2.24) is 25.2 Å². The van der Waals surface area contributed by atoms with Gasteiger partial charge in [0.25, 0.3) is 0 Å². The van der Waals surface area contributed by atoms with Gasteiger partial charge < -0.3 is 10.2 Å². The highest BCUT2D eigenvalue weighted by Gasteiger charge is 2.24. The molecule has 112 valence electrons. The number of nitrogens with one attached hydrogen (secondary N) is 1. The Balaban J connectivity index is 1.86. The molecule has 0 radical (unpaired) electrons. The van der Waals surface area contributed by atoms with Crippen LogP contribution >= 0.6 is 0 Å². The van der Waals surface area contributed by atoms with E-state index in [0.29, 0.717) is 12.6 Å². The lowest BCUT2D eigenvalue weighted by atomic mass is 9.87. The predicted octanol–water partition coefficient (Wildman–Crippen LogP) is 1.03. The van der Waals surface area contributed by atoms with Gasteiger partial charge in [0.05, 0.1) is 11.9 Å². The van der Waals surface area contributed by atoms with E-state index >= 15 is 0 Å². The molecule has 1 fully saturated rings. The van der Waals surface area contributed by atoms with E-state index in [0.717, 1.165) is 24.5 Å². The van der Waals surface area contributed by atoms with E-state index in [2.05, 4.69) is 22.6 Å². The van der Waals surface area contributed by atoms with Crippen LogP contribution in [0.4, 0.5) is 0 Å². The molecule has 0 aliphatic heterocycles. The Morgan fingerprint density at radius 2 is 2.15 bits per heavy atom. The second-order valence-corrected chi connectivity index (χ2v) is 5.86. The summed E-state index contributed by atoms with van der Waals surface area (Å²) in [4.78, 5) is 14.2. The zero-order valence-corrected chi connectivity index (χ0v) is 12.7. The number of amides is 1. The second-order valence-electron chi connectivity index (χ2n) is 5.86. The highest BCUT2D eigenvalue weighted by molar-refractivity contribution is 5.75. The molecule has 0 atom stereocenters. The average molecular weight is 279 g/mol. The molecule has 1 heterocycles. The van der Waals surface area contributed by atoms with Gasteiger partial charge in [0, 0.05) is 19.6 Å². The summed E-state index contributed by atoms with van der Waals surface area (Å²) in [5.74, 6) is 0.916. The molecule has 1 N–H and O–H groups in total. The third-order valence-electron chi connectivity index (χ3n) is 4.17. The van der Waals surface area contributed by atoms with Crippen molar-refractivity contribution in [1.29, 1.82) is 0 Å². The van der Waals surface area contributed by atoms with Gasteiger partial charge in [0.15, 0.2) is 0 Å². The fourth-order valence-electron chi connectivity index (χ4n) is 2.76. The van der Waals surface area contributed by atoms with Gasteiger partial charge >= 0.3 is 0 Å². The average Bonchev–Trinajstić information content (AvgIpc) is 2.86. The van der Waals surface area contributed by atoms with Gasteiger partial charge in [-0.25, -0.2) is 4.68 Å². The fraction of sp³-hybridized carbons (Fsp3) is 0.786. The maximum atomic E-state index is 12.3. The first-order valence-corrected chi connectivity index (χ1v) is 7.39. The highest BCUT2D eigenvalue weighted by Crippen LogP contribution is 2.26. The van der Waals surface area contributed by atoms with Crippen molar-refractivity contribution >= 4 is 5.91 Å². The summed E-state index contributed by atoms with van der Waals surface area (Å²) in [5, 5.41) is 11.0. The Bertz CT molecular complexity index is 437. The van der Waals surface area contributed by atoms with E-state index in [1.165, 1.54) is 12.8 Å². The summed E-state index contributed by atoms with van der Waals surface area (Å²) in [5.41, 5.74) is 0.856. The summed E-state index contributed by atoms with van der Waals surface area (Å²) in [6.45, 7) is 3.24. The lowest BCUT2D eigenvalue weighted by molar-refractivity contribution is -0.133. The van der Waals surface area contributed by atoms with Crippen LogP contribution in [-0.4, -0.2) is 45.9 Å². The number of aromatic nitrogens is 3. The number of hydrogen-bond acceptors (Lipinski definition) is 4. The van der Waals surface area contributed by atoms with Gasteiger partial charge in [-0.15, -0.1) is 5.10 Å². The molecule has 1 aromatic rings. The summed E-state index contributed by atoms with van der Waals surface area (Å²) >= 11 is 0. The Morgan fingerprint density at radius 1 is 1.45 bits per heavy atom. The lowest BCUT2D eigenvalue weighted by Gasteiger charge is -2.33. The molecule has 1 aliphatic rings. The predicted molar refractivity (Wildman–Crippen MR) is 77.0 cm³/mol. The first-order chi connectivity index (χ1) is 9.60. The molecule has 6 nitrogen and oxygen atoms in total. The van der Waals surface area contributed by atoms with E-state index < -0.39 is 0 Å². The number of likely N-dealkylation sites (N-methyl/N-ethyl adjacent to an activating group) is 1. The third-order valence-corrected chi connectivity index (χ3v) is 4.17. The smallest absolute Gasteiger partial charge is 0.244 e. The number of carbonyl (C=O) groups excluding carboxylic acids is 1. The third kappa shape index (κ3) is 3.79. The van der Waals surface area contributed by atoms with E-state index in [4.69, 9.17) is 0 Å². The van der Waals surface area contributed by atoms with Crippen LogP contribution in [0.3, 0.4) is 0 Å². The maximum Gasteiger partial charge on any atom is 0.244 e. The molecule has 1 aliphatic carbocycles. The fourth-order valence-corrected chi connectivity index (χ4v) is 2.76. The van der Waals surface area contributed by atoms with E-state index in [1.807, 2.05) is 25.2 Å². The van der Waals surface area contributed by atoms with Crippen LogP contribution in [-0.2, 0) is 17.9 Å². The largest absolute Gasteiger partial charge is 0.341 e. The van der Waals surface area contributed by atoms with Crippen molar-refractivity contribution in [3.8, 4) is 0 Å². The molecule has 0 spiro atoms. The zero-order valence-electron chi connectivity index (χ0n) is 12.7. The van der Waals surface area contributed by atoms with Crippen LogP contribution in [0.25, 0.3) is 0 Å².